The molecule has 1 fully saturated rings. The Morgan fingerprint density at radius 2 is 2.00 bits per heavy atom. The van der Waals surface area contributed by atoms with Gasteiger partial charge in [-0.2, -0.15) is 0 Å². The van der Waals surface area contributed by atoms with Crippen molar-refractivity contribution in [2.24, 2.45) is 5.73 Å². The predicted octanol–water partition coefficient (Wildman–Crippen LogP) is 3.02. The first-order valence-electron chi connectivity index (χ1n) is 7.78. The number of anilines is 1. The van der Waals surface area contributed by atoms with Gasteiger partial charge in [-0.1, -0.05) is 37.5 Å². The second-order valence-electron chi connectivity index (χ2n) is 6.55. The van der Waals surface area contributed by atoms with Gasteiger partial charge in [0.2, 0.25) is 5.91 Å². The van der Waals surface area contributed by atoms with Gasteiger partial charge in [0.05, 0.1) is 0 Å². The molecule has 2 N–H and O–H groups in total. The Hall–Kier alpha value is -1.35. The number of hydrogen-bond acceptors (Lipinski definition) is 2. The molecule has 1 aromatic rings. The Kier molecular flexibility index (Phi) is 3.55. The summed E-state index contributed by atoms with van der Waals surface area (Å²) in [6, 6.07) is 8.49. The van der Waals surface area contributed by atoms with Crippen molar-refractivity contribution >= 4 is 11.6 Å². The first kappa shape index (κ1) is 13.6. The van der Waals surface area contributed by atoms with Gasteiger partial charge >= 0.3 is 0 Å². The van der Waals surface area contributed by atoms with Crippen molar-refractivity contribution in [3.8, 4) is 0 Å². The molecular weight excluding hydrogens is 248 g/mol. The molecule has 0 bridgehead atoms. The second kappa shape index (κ2) is 5.21. The van der Waals surface area contributed by atoms with E-state index in [0.717, 1.165) is 37.8 Å². The maximum atomic E-state index is 12.7. The largest absolute Gasteiger partial charge is 0.325 e. The van der Waals surface area contributed by atoms with Crippen molar-refractivity contribution in [1.82, 2.24) is 0 Å². The van der Waals surface area contributed by atoms with Gasteiger partial charge in [-0.25, -0.2) is 0 Å². The van der Waals surface area contributed by atoms with Crippen LogP contribution in [0, 0.1) is 0 Å². The number of amides is 1. The zero-order valence-corrected chi connectivity index (χ0v) is 12.3. The minimum Gasteiger partial charge on any atom is -0.325 e. The number of carbonyl (C=O) groups excluding carboxylic acids is 1. The van der Waals surface area contributed by atoms with Crippen molar-refractivity contribution in [2.45, 2.75) is 63.5 Å². The van der Waals surface area contributed by atoms with Crippen LogP contribution in [0.25, 0.3) is 0 Å². The summed E-state index contributed by atoms with van der Waals surface area (Å²) in [6.45, 7) is 2.13. The van der Waals surface area contributed by atoms with E-state index in [-0.39, 0.29) is 17.5 Å². The number of fused-ring (bicyclic) bond motifs is 1. The van der Waals surface area contributed by atoms with Crippen LogP contribution in [0.15, 0.2) is 24.3 Å². The van der Waals surface area contributed by atoms with E-state index in [9.17, 15) is 4.79 Å². The van der Waals surface area contributed by atoms with Crippen LogP contribution in [0.2, 0.25) is 0 Å². The molecule has 1 aromatic carbocycles. The van der Waals surface area contributed by atoms with Crippen LogP contribution in [0.4, 0.5) is 5.69 Å². The minimum absolute atomic E-state index is 0.201. The Labute approximate surface area is 121 Å². The van der Waals surface area contributed by atoms with Crippen LogP contribution < -0.4 is 10.6 Å². The lowest BCUT2D eigenvalue weighted by Gasteiger charge is -2.35. The number of para-hydroxylation sites is 1. The summed E-state index contributed by atoms with van der Waals surface area (Å²) in [5, 5.41) is 0. The molecule has 108 valence electrons. The van der Waals surface area contributed by atoms with Gasteiger partial charge in [0.25, 0.3) is 0 Å². The second-order valence-corrected chi connectivity index (χ2v) is 6.55. The monoisotopic (exact) mass is 272 g/mol. The molecule has 0 radical (unpaired) electrons. The number of nitrogens with two attached hydrogens (primary N) is 1. The highest BCUT2D eigenvalue weighted by Crippen LogP contribution is 2.35. The van der Waals surface area contributed by atoms with Gasteiger partial charge in [-0.3, -0.25) is 4.79 Å². The van der Waals surface area contributed by atoms with Gasteiger partial charge < -0.3 is 10.6 Å². The molecule has 3 rings (SSSR count). The van der Waals surface area contributed by atoms with E-state index in [4.69, 9.17) is 5.73 Å². The fourth-order valence-corrected chi connectivity index (χ4v) is 3.76. The van der Waals surface area contributed by atoms with E-state index in [1.807, 2.05) is 17.0 Å². The molecule has 1 unspecified atom stereocenters. The fraction of sp³-hybridized carbons (Fsp3) is 0.588. The van der Waals surface area contributed by atoms with Crippen LogP contribution >= 0.6 is 0 Å². The Morgan fingerprint density at radius 3 is 2.75 bits per heavy atom. The molecule has 1 aliphatic heterocycles. The van der Waals surface area contributed by atoms with Crippen LogP contribution in [0.5, 0.6) is 0 Å². The SMILES string of the molecule is CC1Cc2ccccc2N1C(=O)CC1(N)CCCCC1. The molecule has 1 amide bonds. The smallest absolute Gasteiger partial charge is 0.229 e. The lowest BCUT2D eigenvalue weighted by Crippen LogP contribution is -2.48. The highest BCUT2D eigenvalue weighted by Gasteiger charge is 2.36. The van der Waals surface area contributed by atoms with Gasteiger partial charge in [0.1, 0.15) is 0 Å². The molecule has 0 aromatic heterocycles. The average molecular weight is 272 g/mol. The van der Waals surface area contributed by atoms with E-state index in [2.05, 4.69) is 19.1 Å². The minimum atomic E-state index is -0.271. The predicted molar refractivity (Wildman–Crippen MR) is 81.7 cm³/mol. The summed E-state index contributed by atoms with van der Waals surface area (Å²) >= 11 is 0. The molecule has 1 saturated carbocycles. The molecular formula is C17H24N2O. The Balaban J connectivity index is 1.77. The van der Waals surface area contributed by atoms with Crippen molar-refractivity contribution < 1.29 is 4.79 Å². The number of rotatable bonds is 2. The molecule has 20 heavy (non-hydrogen) atoms. The molecule has 3 nitrogen and oxygen atoms in total. The Morgan fingerprint density at radius 1 is 1.30 bits per heavy atom. The van der Waals surface area contributed by atoms with Gasteiger partial charge in [0, 0.05) is 23.7 Å². The highest BCUT2D eigenvalue weighted by molar-refractivity contribution is 5.96. The number of nitrogens with zero attached hydrogens (tertiary/aromatic N) is 1. The molecule has 1 atom stereocenters. The number of hydrogen-bond donors (Lipinski definition) is 1. The van der Waals surface area contributed by atoms with Crippen molar-refractivity contribution in [1.29, 1.82) is 0 Å². The van der Waals surface area contributed by atoms with Crippen LogP contribution in [-0.4, -0.2) is 17.5 Å². The third-order valence-corrected chi connectivity index (χ3v) is 4.83. The summed E-state index contributed by atoms with van der Waals surface area (Å²) in [7, 11) is 0. The summed E-state index contributed by atoms with van der Waals surface area (Å²) in [4.78, 5) is 14.7. The molecule has 1 heterocycles. The van der Waals surface area contributed by atoms with E-state index in [1.54, 1.807) is 0 Å². The topological polar surface area (TPSA) is 46.3 Å². The summed E-state index contributed by atoms with van der Waals surface area (Å²) < 4.78 is 0. The van der Waals surface area contributed by atoms with Crippen LogP contribution in [0.1, 0.15) is 51.0 Å². The van der Waals surface area contributed by atoms with E-state index in [0.29, 0.717) is 6.42 Å². The van der Waals surface area contributed by atoms with Crippen LogP contribution in [-0.2, 0) is 11.2 Å². The molecule has 0 saturated heterocycles. The molecule has 1 aliphatic carbocycles. The third-order valence-electron chi connectivity index (χ3n) is 4.83. The summed E-state index contributed by atoms with van der Waals surface area (Å²) in [5.74, 6) is 0.201. The maximum Gasteiger partial charge on any atom is 0.229 e. The van der Waals surface area contributed by atoms with Crippen molar-refractivity contribution in [3.63, 3.8) is 0 Å². The maximum absolute atomic E-state index is 12.7. The van der Waals surface area contributed by atoms with Gasteiger partial charge in [0.15, 0.2) is 0 Å². The van der Waals surface area contributed by atoms with E-state index in [1.165, 1.54) is 12.0 Å². The quantitative estimate of drug-likeness (QED) is 0.899. The van der Waals surface area contributed by atoms with Gasteiger partial charge in [-0.15, -0.1) is 0 Å². The summed E-state index contributed by atoms with van der Waals surface area (Å²) in [6.07, 6.45) is 7.01. The molecule has 0 spiro atoms. The first-order valence-corrected chi connectivity index (χ1v) is 7.78. The number of benzene rings is 1. The van der Waals surface area contributed by atoms with Crippen molar-refractivity contribution in [2.75, 3.05) is 4.90 Å². The fourth-order valence-electron chi connectivity index (χ4n) is 3.76. The zero-order chi connectivity index (χ0) is 14.2. The standard InChI is InChI=1S/C17H24N2O/c1-13-11-14-7-3-4-8-15(14)19(13)16(20)12-17(18)9-5-2-6-10-17/h3-4,7-8,13H,2,5-6,9-12,18H2,1H3. The van der Waals surface area contributed by atoms with Crippen molar-refractivity contribution in [3.05, 3.63) is 29.8 Å². The summed E-state index contributed by atoms with van der Waals surface area (Å²) in [5.41, 5.74) is 8.54. The molecule has 3 heteroatoms. The lowest BCUT2D eigenvalue weighted by molar-refractivity contribution is -0.120. The van der Waals surface area contributed by atoms with Gasteiger partial charge in [-0.05, 0) is 37.8 Å². The lowest BCUT2D eigenvalue weighted by atomic mass is 9.80. The Bertz CT molecular complexity index is 505. The normalized spacial score (nSPS) is 24.5. The average Bonchev–Trinajstić information content (AvgIpc) is 2.74. The van der Waals surface area contributed by atoms with Crippen LogP contribution in [0.3, 0.4) is 0 Å². The first-order chi connectivity index (χ1) is 9.59. The van der Waals surface area contributed by atoms with E-state index >= 15 is 0 Å². The third kappa shape index (κ3) is 2.47. The highest BCUT2D eigenvalue weighted by atomic mass is 16.2. The molecule has 2 aliphatic rings. The number of carbonyl (C=O) groups is 1. The van der Waals surface area contributed by atoms with E-state index < -0.39 is 0 Å². The zero-order valence-electron chi connectivity index (χ0n) is 12.3.